The first-order valence-electron chi connectivity index (χ1n) is 3.93. The second kappa shape index (κ2) is 2.80. The summed E-state index contributed by atoms with van der Waals surface area (Å²) in [5.41, 5.74) is 0.510. The Hall–Kier alpha value is -2.01. The molecule has 0 spiro atoms. The maximum atomic E-state index is 9.29. The average molecular weight is 169 g/mol. The highest BCUT2D eigenvalue weighted by molar-refractivity contribution is 5.89. The summed E-state index contributed by atoms with van der Waals surface area (Å²) in [7, 11) is 0. The summed E-state index contributed by atoms with van der Waals surface area (Å²) in [6.07, 6.45) is 0. The van der Waals surface area contributed by atoms with Crippen LogP contribution in [-0.2, 0) is 0 Å². The Kier molecular flexibility index (Phi) is 1.64. The molecule has 2 aromatic rings. The molecule has 1 N–H and O–H groups in total. The number of phenols is 1. The standard InChI is InChI=1S/C11H7NO/c12-7-9-6-10(13)5-8-3-1-2-4-11(8)9/h1-6,13H. The van der Waals surface area contributed by atoms with Gasteiger partial charge in [-0.05, 0) is 22.9 Å². The molecule has 0 atom stereocenters. The van der Waals surface area contributed by atoms with E-state index < -0.39 is 0 Å². The van der Waals surface area contributed by atoms with Gasteiger partial charge in [-0.2, -0.15) is 5.26 Å². The highest BCUT2D eigenvalue weighted by atomic mass is 16.3. The Morgan fingerprint density at radius 2 is 1.92 bits per heavy atom. The summed E-state index contributed by atoms with van der Waals surface area (Å²) in [5, 5.41) is 19.9. The van der Waals surface area contributed by atoms with Crippen molar-refractivity contribution in [2.75, 3.05) is 0 Å². The van der Waals surface area contributed by atoms with Crippen LogP contribution in [0.3, 0.4) is 0 Å². The molecule has 13 heavy (non-hydrogen) atoms. The minimum absolute atomic E-state index is 0.134. The number of hydrogen-bond acceptors (Lipinski definition) is 2. The second-order valence-corrected chi connectivity index (χ2v) is 2.83. The molecular formula is C11H7NO. The number of rotatable bonds is 0. The fourth-order valence-electron chi connectivity index (χ4n) is 1.39. The first-order valence-corrected chi connectivity index (χ1v) is 3.93. The van der Waals surface area contributed by atoms with Crippen molar-refractivity contribution in [2.24, 2.45) is 0 Å². The van der Waals surface area contributed by atoms with Gasteiger partial charge in [-0.15, -0.1) is 0 Å². The predicted octanol–water partition coefficient (Wildman–Crippen LogP) is 2.42. The van der Waals surface area contributed by atoms with Crippen LogP contribution in [0.1, 0.15) is 5.56 Å². The largest absolute Gasteiger partial charge is 0.508 e. The Morgan fingerprint density at radius 1 is 1.15 bits per heavy atom. The van der Waals surface area contributed by atoms with E-state index in [9.17, 15) is 5.11 Å². The zero-order valence-corrected chi connectivity index (χ0v) is 6.86. The molecule has 0 saturated carbocycles. The maximum absolute atomic E-state index is 9.29. The minimum Gasteiger partial charge on any atom is -0.508 e. The van der Waals surface area contributed by atoms with Crippen LogP contribution in [0.15, 0.2) is 36.4 Å². The molecule has 0 fully saturated rings. The van der Waals surface area contributed by atoms with Crippen LogP contribution in [-0.4, -0.2) is 5.11 Å². The molecular weight excluding hydrogens is 162 g/mol. The van der Waals surface area contributed by atoms with Crippen LogP contribution >= 0.6 is 0 Å². The normalized spacial score (nSPS) is 9.77. The number of aromatic hydroxyl groups is 1. The second-order valence-electron chi connectivity index (χ2n) is 2.83. The van der Waals surface area contributed by atoms with Gasteiger partial charge in [0.1, 0.15) is 5.75 Å². The molecule has 0 saturated heterocycles. The van der Waals surface area contributed by atoms with E-state index >= 15 is 0 Å². The molecule has 62 valence electrons. The lowest BCUT2D eigenvalue weighted by Gasteiger charge is -2.00. The van der Waals surface area contributed by atoms with E-state index in [4.69, 9.17) is 5.26 Å². The van der Waals surface area contributed by atoms with Crippen molar-refractivity contribution in [2.45, 2.75) is 0 Å². The van der Waals surface area contributed by atoms with Crippen molar-refractivity contribution in [1.29, 1.82) is 5.26 Å². The number of fused-ring (bicyclic) bond motifs is 1. The smallest absolute Gasteiger partial charge is 0.117 e. The number of benzene rings is 2. The summed E-state index contributed by atoms with van der Waals surface area (Å²) in [6.45, 7) is 0. The van der Waals surface area contributed by atoms with E-state index in [0.717, 1.165) is 10.8 Å². The third-order valence-corrected chi connectivity index (χ3v) is 1.97. The highest BCUT2D eigenvalue weighted by Crippen LogP contribution is 2.23. The summed E-state index contributed by atoms with van der Waals surface area (Å²) >= 11 is 0. The van der Waals surface area contributed by atoms with Crippen molar-refractivity contribution in [3.05, 3.63) is 42.0 Å². The van der Waals surface area contributed by atoms with Gasteiger partial charge in [0.2, 0.25) is 0 Å². The number of nitriles is 1. The van der Waals surface area contributed by atoms with Crippen LogP contribution in [0.2, 0.25) is 0 Å². The van der Waals surface area contributed by atoms with Gasteiger partial charge >= 0.3 is 0 Å². The molecule has 0 aliphatic rings. The van der Waals surface area contributed by atoms with Crippen molar-refractivity contribution >= 4 is 10.8 Å². The Labute approximate surface area is 75.7 Å². The molecule has 0 amide bonds. The SMILES string of the molecule is N#Cc1cc(O)cc2ccccc12. The summed E-state index contributed by atoms with van der Waals surface area (Å²) in [6, 6.07) is 12.7. The zero-order valence-electron chi connectivity index (χ0n) is 6.86. The quantitative estimate of drug-likeness (QED) is 0.658. The predicted molar refractivity (Wildman–Crippen MR) is 50.3 cm³/mol. The van der Waals surface area contributed by atoms with Crippen LogP contribution < -0.4 is 0 Å². The van der Waals surface area contributed by atoms with Crippen LogP contribution in [0, 0.1) is 11.3 Å². The summed E-state index contributed by atoms with van der Waals surface area (Å²) in [4.78, 5) is 0. The number of hydrogen-bond donors (Lipinski definition) is 1. The van der Waals surface area contributed by atoms with Crippen molar-refractivity contribution < 1.29 is 5.11 Å². The molecule has 0 heterocycles. The lowest BCUT2D eigenvalue weighted by atomic mass is 10.1. The van der Waals surface area contributed by atoms with E-state index in [1.54, 1.807) is 6.07 Å². The maximum Gasteiger partial charge on any atom is 0.117 e. The van der Waals surface area contributed by atoms with Gasteiger partial charge in [-0.25, -0.2) is 0 Å². The monoisotopic (exact) mass is 169 g/mol. The fourth-order valence-corrected chi connectivity index (χ4v) is 1.39. The Balaban J connectivity index is 2.91. The van der Waals surface area contributed by atoms with Gasteiger partial charge in [0.05, 0.1) is 11.6 Å². The third kappa shape index (κ3) is 1.21. The molecule has 0 bridgehead atoms. The summed E-state index contributed by atoms with van der Waals surface area (Å²) < 4.78 is 0. The molecule has 0 radical (unpaired) electrons. The van der Waals surface area contributed by atoms with Gasteiger partial charge in [-0.1, -0.05) is 24.3 Å². The van der Waals surface area contributed by atoms with E-state index in [2.05, 4.69) is 6.07 Å². The van der Waals surface area contributed by atoms with Gasteiger partial charge in [0.25, 0.3) is 0 Å². The Morgan fingerprint density at radius 3 is 2.69 bits per heavy atom. The van der Waals surface area contributed by atoms with Crippen LogP contribution in [0.5, 0.6) is 5.75 Å². The van der Waals surface area contributed by atoms with Gasteiger partial charge in [0, 0.05) is 0 Å². The van der Waals surface area contributed by atoms with Gasteiger partial charge in [-0.3, -0.25) is 0 Å². The lowest BCUT2D eigenvalue weighted by Crippen LogP contribution is -1.78. The average Bonchev–Trinajstić information content (AvgIpc) is 2.16. The molecule has 2 rings (SSSR count). The van der Waals surface area contributed by atoms with Gasteiger partial charge < -0.3 is 5.11 Å². The molecule has 2 aromatic carbocycles. The summed E-state index contributed by atoms with van der Waals surface area (Å²) in [5.74, 6) is 0.134. The molecule has 2 nitrogen and oxygen atoms in total. The van der Waals surface area contributed by atoms with E-state index in [-0.39, 0.29) is 5.75 Å². The van der Waals surface area contributed by atoms with E-state index in [0.29, 0.717) is 5.56 Å². The van der Waals surface area contributed by atoms with E-state index in [1.807, 2.05) is 24.3 Å². The topological polar surface area (TPSA) is 44.0 Å². The van der Waals surface area contributed by atoms with Gasteiger partial charge in [0.15, 0.2) is 0 Å². The first kappa shape index (κ1) is 7.63. The van der Waals surface area contributed by atoms with Crippen molar-refractivity contribution in [3.8, 4) is 11.8 Å². The highest BCUT2D eigenvalue weighted by Gasteiger charge is 2.01. The third-order valence-electron chi connectivity index (χ3n) is 1.97. The number of nitrogens with zero attached hydrogens (tertiary/aromatic N) is 1. The van der Waals surface area contributed by atoms with E-state index in [1.165, 1.54) is 6.07 Å². The molecule has 0 aromatic heterocycles. The molecule has 0 unspecified atom stereocenters. The van der Waals surface area contributed by atoms with Crippen LogP contribution in [0.4, 0.5) is 0 Å². The molecule has 0 aliphatic heterocycles. The fraction of sp³-hybridized carbons (Fsp3) is 0. The molecule has 0 aliphatic carbocycles. The Bertz CT molecular complexity index is 497. The van der Waals surface area contributed by atoms with Crippen molar-refractivity contribution in [1.82, 2.24) is 0 Å². The zero-order chi connectivity index (χ0) is 9.26. The first-order chi connectivity index (χ1) is 6.31. The van der Waals surface area contributed by atoms with Crippen molar-refractivity contribution in [3.63, 3.8) is 0 Å². The number of phenolic OH excluding ortho intramolecular Hbond substituents is 1. The van der Waals surface area contributed by atoms with Crippen LogP contribution in [0.25, 0.3) is 10.8 Å². The minimum atomic E-state index is 0.134. The molecule has 2 heteroatoms. The lowest BCUT2D eigenvalue weighted by molar-refractivity contribution is 0.476.